The lowest BCUT2D eigenvalue weighted by atomic mass is 10.0. The number of amides is 1. The van der Waals surface area contributed by atoms with Gasteiger partial charge in [0.15, 0.2) is 0 Å². The standard InChI is InChI=1S/C23H31N3O5S2/c1-5-25(6-2)33(30,31)21-12-13-22-18(15-21)10-8-14-26(22)23(27)19-9-7-11-20(16-19)32(28,29)24-17(3)4/h7,9,11-13,15-17,24H,5-6,8,10,14H2,1-4H3. The van der Waals surface area contributed by atoms with E-state index in [2.05, 4.69) is 4.72 Å². The van der Waals surface area contributed by atoms with Crippen molar-refractivity contribution in [3.8, 4) is 0 Å². The summed E-state index contributed by atoms with van der Waals surface area (Å²) < 4.78 is 54.8. The highest BCUT2D eigenvalue weighted by Crippen LogP contribution is 2.31. The summed E-state index contributed by atoms with van der Waals surface area (Å²) >= 11 is 0. The lowest BCUT2D eigenvalue weighted by Crippen LogP contribution is -2.36. The van der Waals surface area contributed by atoms with Crippen LogP contribution in [-0.4, -0.2) is 52.7 Å². The fourth-order valence-corrected chi connectivity index (χ4v) is 6.79. The van der Waals surface area contributed by atoms with Gasteiger partial charge in [-0.2, -0.15) is 4.31 Å². The summed E-state index contributed by atoms with van der Waals surface area (Å²) in [5.74, 6) is -0.322. The molecule has 33 heavy (non-hydrogen) atoms. The van der Waals surface area contributed by atoms with E-state index < -0.39 is 20.0 Å². The highest BCUT2D eigenvalue weighted by Gasteiger charge is 2.28. The first-order valence-electron chi connectivity index (χ1n) is 11.1. The maximum absolute atomic E-state index is 13.3. The Hall–Kier alpha value is -2.27. The van der Waals surface area contributed by atoms with Gasteiger partial charge in [-0.25, -0.2) is 21.6 Å². The van der Waals surface area contributed by atoms with Gasteiger partial charge in [0.2, 0.25) is 20.0 Å². The molecule has 1 amide bonds. The monoisotopic (exact) mass is 493 g/mol. The van der Waals surface area contributed by atoms with Gasteiger partial charge in [0.1, 0.15) is 0 Å². The van der Waals surface area contributed by atoms with Crippen LogP contribution in [0.2, 0.25) is 0 Å². The van der Waals surface area contributed by atoms with Crippen LogP contribution in [0, 0.1) is 0 Å². The van der Waals surface area contributed by atoms with E-state index >= 15 is 0 Å². The van der Waals surface area contributed by atoms with Crippen molar-refractivity contribution in [1.29, 1.82) is 0 Å². The molecule has 1 N–H and O–H groups in total. The van der Waals surface area contributed by atoms with Crippen LogP contribution in [-0.2, 0) is 26.5 Å². The number of carbonyl (C=O) groups is 1. The van der Waals surface area contributed by atoms with Gasteiger partial charge >= 0.3 is 0 Å². The SMILES string of the molecule is CCN(CC)S(=O)(=O)c1ccc2c(c1)CCCN2C(=O)c1cccc(S(=O)(=O)NC(C)C)c1. The number of rotatable bonds is 8. The molecule has 0 bridgehead atoms. The van der Waals surface area contributed by atoms with Crippen molar-refractivity contribution >= 4 is 31.6 Å². The van der Waals surface area contributed by atoms with E-state index in [0.29, 0.717) is 38.2 Å². The summed E-state index contributed by atoms with van der Waals surface area (Å²) in [6.07, 6.45) is 1.34. The number of aryl methyl sites for hydroxylation is 1. The molecule has 0 radical (unpaired) electrons. The summed E-state index contributed by atoms with van der Waals surface area (Å²) in [7, 11) is -7.33. The first-order valence-corrected chi connectivity index (χ1v) is 14.0. The number of sulfonamides is 2. The number of nitrogens with zero attached hydrogens (tertiary/aromatic N) is 2. The van der Waals surface area contributed by atoms with E-state index in [4.69, 9.17) is 0 Å². The van der Waals surface area contributed by atoms with Crippen LogP contribution in [0.3, 0.4) is 0 Å². The van der Waals surface area contributed by atoms with E-state index in [1.54, 1.807) is 56.9 Å². The van der Waals surface area contributed by atoms with Crippen LogP contribution in [0.4, 0.5) is 5.69 Å². The van der Waals surface area contributed by atoms with Gasteiger partial charge in [0, 0.05) is 36.9 Å². The molecule has 1 heterocycles. The van der Waals surface area contributed by atoms with Crippen molar-refractivity contribution in [2.24, 2.45) is 0 Å². The minimum absolute atomic E-state index is 0.0277. The largest absolute Gasteiger partial charge is 0.308 e. The van der Waals surface area contributed by atoms with Crippen LogP contribution >= 0.6 is 0 Å². The zero-order valence-electron chi connectivity index (χ0n) is 19.4. The van der Waals surface area contributed by atoms with Crippen LogP contribution in [0.1, 0.15) is 50.0 Å². The molecule has 180 valence electrons. The van der Waals surface area contributed by atoms with Crippen molar-refractivity contribution < 1.29 is 21.6 Å². The smallest absolute Gasteiger partial charge is 0.258 e. The molecule has 0 spiro atoms. The Bertz CT molecular complexity index is 1240. The third-order valence-electron chi connectivity index (χ3n) is 5.54. The highest BCUT2D eigenvalue weighted by atomic mass is 32.2. The second-order valence-electron chi connectivity index (χ2n) is 8.24. The van der Waals surface area contributed by atoms with Crippen molar-refractivity contribution in [2.45, 2.75) is 56.4 Å². The zero-order valence-corrected chi connectivity index (χ0v) is 21.0. The maximum Gasteiger partial charge on any atom is 0.258 e. The Morgan fingerprint density at radius 3 is 2.36 bits per heavy atom. The molecule has 0 aromatic heterocycles. The molecule has 8 nitrogen and oxygen atoms in total. The number of nitrogens with one attached hydrogen (secondary N) is 1. The van der Waals surface area contributed by atoms with Gasteiger partial charge in [-0.05, 0) is 68.7 Å². The highest BCUT2D eigenvalue weighted by molar-refractivity contribution is 7.89. The summed E-state index contributed by atoms with van der Waals surface area (Å²) in [5, 5.41) is 0. The van der Waals surface area contributed by atoms with Gasteiger partial charge in [-0.3, -0.25) is 4.79 Å². The van der Waals surface area contributed by atoms with E-state index in [1.807, 2.05) is 0 Å². The molecule has 2 aromatic rings. The third kappa shape index (κ3) is 5.29. The summed E-state index contributed by atoms with van der Waals surface area (Å²) in [6.45, 7) is 8.28. The fourth-order valence-electron chi connectivity index (χ4n) is 3.99. The molecule has 3 rings (SSSR count). The Morgan fingerprint density at radius 1 is 1.03 bits per heavy atom. The number of benzene rings is 2. The fraction of sp³-hybridized carbons (Fsp3) is 0.435. The predicted molar refractivity (Wildman–Crippen MR) is 128 cm³/mol. The summed E-state index contributed by atoms with van der Waals surface area (Å²) in [4.78, 5) is 15.2. The second-order valence-corrected chi connectivity index (χ2v) is 11.9. The van der Waals surface area contributed by atoms with Crippen LogP contribution in [0.15, 0.2) is 52.3 Å². The first-order chi connectivity index (χ1) is 15.5. The van der Waals surface area contributed by atoms with Crippen molar-refractivity contribution in [2.75, 3.05) is 24.5 Å². The van der Waals surface area contributed by atoms with Gasteiger partial charge in [0.25, 0.3) is 5.91 Å². The molecule has 0 aliphatic carbocycles. The zero-order chi connectivity index (χ0) is 24.4. The van der Waals surface area contributed by atoms with E-state index in [0.717, 1.165) is 5.56 Å². The number of anilines is 1. The molecular weight excluding hydrogens is 462 g/mol. The molecule has 0 unspecified atom stereocenters. The lowest BCUT2D eigenvalue weighted by Gasteiger charge is -2.30. The average molecular weight is 494 g/mol. The van der Waals surface area contributed by atoms with E-state index in [1.165, 1.54) is 22.5 Å². The minimum atomic E-state index is -3.73. The minimum Gasteiger partial charge on any atom is -0.308 e. The van der Waals surface area contributed by atoms with Crippen LogP contribution in [0.25, 0.3) is 0 Å². The molecule has 10 heteroatoms. The second kappa shape index (κ2) is 9.92. The molecular formula is C23H31N3O5S2. The van der Waals surface area contributed by atoms with Crippen LogP contribution in [0.5, 0.6) is 0 Å². The molecule has 2 aromatic carbocycles. The molecule has 0 saturated heterocycles. The molecule has 0 atom stereocenters. The van der Waals surface area contributed by atoms with Gasteiger partial charge in [0.05, 0.1) is 9.79 Å². The van der Waals surface area contributed by atoms with Gasteiger partial charge in [-0.1, -0.05) is 19.9 Å². The Balaban J connectivity index is 1.95. The number of carbonyl (C=O) groups excluding carboxylic acids is 1. The lowest BCUT2D eigenvalue weighted by molar-refractivity contribution is 0.0985. The third-order valence-corrected chi connectivity index (χ3v) is 9.24. The Labute approximate surface area is 196 Å². The predicted octanol–water partition coefficient (Wildman–Crippen LogP) is 3.00. The first kappa shape index (κ1) is 25.4. The number of hydrogen-bond donors (Lipinski definition) is 1. The quantitative estimate of drug-likeness (QED) is 0.609. The van der Waals surface area contributed by atoms with Crippen LogP contribution < -0.4 is 9.62 Å². The molecule has 0 fully saturated rings. The molecule has 1 aliphatic rings. The maximum atomic E-state index is 13.3. The van der Waals surface area contributed by atoms with E-state index in [-0.39, 0.29) is 27.3 Å². The Kier molecular flexibility index (Phi) is 7.62. The number of hydrogen-bond acceptors (Lipinski definition) is 5. The average Bonchev–Trinajstić information content (AvgIpc) is 2.77. The van der Waals surface area contributed by atoms with Crippen molar-refractivity contribution in [3.05, 3.63) is 53.6 Å². The molecule has 0 saturated carbocycles. The van der Waals surface area contributed by atoms with Gasteiger partial charge in [-0.15, -0.1) is 0 Å². The summed E-state index contributed by atoms with van der Waals surface area (Å²) in [5.41, 5.74) is 1.70. The van der Waals surface area contributed by atoms with E-state index in [9.17, 15) is 21.6 Å². The topological polar surface area (TPSA) is 104 Å². The van der Waals surface area contributed by atoms with Crippen molar-refractivity contribution in [1.82, 2.24) is 9.03 Å². The van der Waals surface area contributed by atoms with Gasteiger partial charge < -0.3 is 4.90 Å². The normalized spacial score (nSPS) is 14.5. The number of fused-ring (bicyclic) bond motifs is 1. The van der Waals surface area contributed by atoms with Crippen molar-refractivity contribution in [3.63, 3.8) is 0 Å². The molecule has 1 aliphatic heterocycles. The Morgan fingerprint density at radius 2 is 1.73 bits per heavy atom. The summed E-state index contributed by atoms with van der Waals surface area (Å²) in [6, 6.07) is 10.5.